The van der Waals surface area contributed by atoms with Crippen LogP contribution in [0.4, 0.5) is 10.9 Å². The van der Waals surface area contributed by atoms with Gasteiger partial charge in [-0.2, -0.15) is 0 Å². The smallest absolute Gasteiger partial charge is 0.316 e. The first-order chi connectivity index (χ1) is 9.72. The van der Waals surface area contributed by atoms with Gasteiger partial charge in [-0.1, -0.05) is 6.07 Å². The fourth-order valence-corrected chi connectivity index (χ4v) is 2.54. The Hall–Kier alpha value is -2.48. The van der Waals surface area contributed by atoms with E-state index >= 15 is 0 Å². The summed E-state index contributed by atoms with van der Waals surface area (Å²) in [6.07, 6.45) is 3.64. The Morgan fingerprint density at radius 1 is 1.25 bits per heavy atom. The molecule has 0 saturated carbocycles. The number of pyridine rings is 1. The van der Waals surface area contributed by atoms with Crippen molar-refractivity contribution in [3.05, 3.63) is 57.7 Å². The van der Waals surface area contributed by atoms with Crippen molar-refractivity contribution in [3.8, 4) is 0 Å². The van der Waals surface area contributed by atoms with E-state index < -0.39 is 6.17 Å². The first-order valence-electron chi connectivity index (χ1n) is 5.94. The van der Waals surface area contributed by atoms with Crippen molar-refractivity contribution in [3.63, 3.8) is 0 Å². The molecule has 0 amide bonds. The Morgan fingerprint density at radius 3 is 2.75 bits per heavy atom. The molecule has 0 aromatic carbocycles. The number of hydrogen-bond acceptors (Lipinski definition) is 6. The predicted octanol–water partition coefficient (Wildman–Crippen LogP) is 2.19. The standard InChI is InChI=1S/C12H11N5O2S/c18-16-5-6-17(19)11(16)7-9-8-20-12(14-9)15-10-3-1-2-4-13-10/h1-6,8,11H,7H2,(H,13,14,15)/q+2. The van der Waals surface area contributed by atoms with Gasteiger partial charge in [-0.3, -0.25) is 0 Å². The predicted molar refractivity (Wildman–Crippen MR) is 73.5 cm³/mol. The van der Waals surface area contributed by atoms with Gasteiger partial charge in [0.05, 0.1) is 5.69 Å². The molecule has 0 saturated heterocycles. The second-order valence-electron chi connectivity index (χ2n) is 4.19. The number of hydrogen-bond donors (Lipinski definition) is 1. The maximum atomic E-state index is 11.4. The SMILES string of the molecule is O=[N+]1C=C[N+](=O)C1Cc1csc(Nc2ccccn2)n1. The molecule has 0 spiro atoms. The van der Waals surface area contributed by atoms with Crippen molar-refractivity contribution in [2.24, 2.45) is 0 Å². The van der Waals surface area contributed by atoms with Crippen LogP contribution < -0.4 is 5.32 Å². The average molecular weight is 289 g/mol. The summed E-state index contributed by atoms with van der Waals surface area (Å²) < 4.78 is 1.27. The van der Waals surface area contributed by atoms with E-state index in [0.29, 0.717) is 26.2 Å². The molecule has 0 bridgehead atoms. The van der Waals surface area contributed by atoms with Gasteiger partial charge in [0.15, 0.2) is 5.13 Å². The molecule has 0 atom stereocenters. The molecule has 0 fully saturated rings. The van der Waals surface area contributed by atoms with Crippen LogP contribution in [0, 0.1) is 9.81 Å². The molecule has 0 aliphatic carbocycles. The van der Waals surface area contributed by atoms with Gasteiger partial charge < -0.3 is 5.32 Å². The molecule has 1 aliphatic heterocycles. The van der Waals surface area contributed by atoms with E-state index in [1.807, 2.05) is 23.6 Å². The molecule has 0 unspecified atom stereocenters. The Morgan fingerprint density at radius 2 is 2.05 bits per heavy atom. The van der Waals surface area contributed by atoms with Crippen molar-refractivity contribution in [2.45, 2.75) is 12.6 Å². The first kappa shape index (κ1) is 12.5. The van der Waals surface area contributed by atoms with Gasteiger partial charge in [-0.15, -0.1) is 11.3 Å². The molecule has 2 aromatic heterocycles. The number of thiazole rings is 1. The molecule has 1 aliphatic rings. The molecule has 3 rings (SSSR count). The number of rotatable bonds is 4. The highest BCUT2D eigenvalue weighted by Gasteiger charge is 2.44. The van der Waals surface area contributed by atoms with E-state index in [1.54, 1.807) is 6.20 Å². The van der Waals surface area contributed by atoms with Crippen LogP contribution in [0.5, 0.6) is 0 Å². The van der Waals surface area contributed by atoms with Crippen LogP contribution in [0.3, 0.4) is 0 Å². The summed E-state index contributed by atoms with van der Waals surface area (Å²) in [5, 5.41) is 5.57. The van der Waals surface area contributed by atoms with E-state index in [0.717, 1.165) is 0 Å². The Labute approximate surface area is 118 Å². The molecule has 1 N–H and O–H groups in total. The van der Waals surface area contributed by atoms with Crippen molar-refractivity contribution in [1.82, 2.24) is 9.97 Å². The molecule has 100 valence electrons. The van der Waals surface area contributed by atoms with E-state index in [4.69, 9.17) is 0 Å². The molecule has 3 heterocycles. The summed E-state index contributed by atoms with van der Waals surface area (Å²) >= 11 is 1.41. The monoisotopic (exact) mass is 289 g/mol. The summed E-state index contributed by atoms with van der Waals surface area (Å²) in [6, 6.07) is 5.54. The average Bonchev–Trinajstić information content (AvgIpc) is 3.02. The zero-order valence-electron chi connectivity index (χ0n) is 10.3. The summed E-state index contributed by atoms with van der Waals surface area (Å²) in [6.45, 7) is 0. The minimum atomic E-state index is -0.764. The summed E-state index contributed by atoms with van der Waals surface area (Å²) in [7, 11) is 0. The summed E-state index contributed by atoms with van der Waals surface area (Å²) in [5.74, 6) is 0.701. The topological polar surface area (TPSA) is 78.0 Å². The van der Waals surface area contributed by atoms with Crippen molar-refractivity contribution in [1.29, 1.82) is 0 Å². The highest BCUT2D eigenvalue weighted by Crippen LogP contribution is 2.21. The van der Waals surface area contributed by atoms with E-state index in [2.05, 4.69) is 15.3 Å². The third-order valence-corrected chi connectivity index (χ3v) is 3.60. The number of nitrogens with one attached hydrogen (secondary N) is 1. The highest BCUT2D eigenvalue weighted by molar-refractivity contribution is 7.13. The van der Waals surface area contributed by atoms with Gasteiger partial charge in [0, 0.05) is 21.4 Å². The third-order valence-electron chi connectivity index (χ3n) is 2.79. The minimum Gasteiger partial charge on any atom is -0.316 e. The van der Waals surface area contributed by atoms with Crippen molar-refractivity contribution >= 4 is 22.3 Å². The fraction of sp³-hybridized carbons (Fsp3) is 0.167. The lowest BCUT2D eigenvalue weighted by Gasteiger charge is -1.99. The molecule has 20 heavy (non-hydrogen) atoms. The van der Waals surface area contributed by atoms with Crippen molar-refractivity contribution in [2.75, 3.05) is 5.32 Å². The molecule has 0 radical (unpaired) electrons. The highest BCUT2D eigenvalue weighted by atomic mass is 32.1. The van der Waals surface area contributed by atoms with Crippen LogP contribution in [-0.4, -0.2) is 25.7 Å². The van der Waals surface area contributed by atoms with Crippen LogP contribution in [0.2, 0.25) is 0 Å². The summed E-state index contributed by atoms with van der Waals surface area (Å²) in [4.78, 5) is 31.3. The molecule has 8 heteroatoms. The number of nitrogens with zero attached hydrogens (tertiary/aromatic N) is 4. The van der Waals surface area contributed by atoms with Gasteiger partial charge in [-0.05, 0) is 12.1 Å². The molecular formula is C12H11N5O2S+2. The van der Waals surface area contributed by atoms with E-state index in [1.165, 1.54) is 23.7 Å². The molecule has 2 aromatic rings. The fourth-order valence-electron chi connectivity index (χ4n) is 1.81. The lowest BCUT2D eigenvalue weighted by atomic mass is 10.3. The Kier molecular flexibility index (Phi) is 3.30. The normalized spacial score (nSPS) is 15.0. The second kappa shape index (κ2) is 5.25. The Bertz CT molecular complexity index is 664. The Balaban J connectivity index is 1.68. The number of anilines is 2. The molecule has 7 nitrogen and oxygen atoms in total. The van der Waals surface area contributed by atoms with Crippen molar-refractivity contribution < 1.29 is 9.52 Å². The second-order valence-corrected chi connectivity index (χ2v) is 5.04. The van der Waals surface area contributed by atoms with E-state index in [-0.39, 0.29) is 6.42 Å². The lowest BCUT2D eigenvalue weighted by Crippen LogP contribution is -2.26. The van der Waals surface area contributed by atoms with Crippen LogP contribution in [0.1, 0.15) is 5.69 Å². The van der Waals surface area contributed by atoms with Gasteiger partial charge in [-0.25, -0.2) is 9.97 Å². The minimum absolute atomic E-state index is 0.278. The van der Waals surface area contributed by atoms with Gasteiger partial charge in [0.1, 0.15) is 21.8 Å². The zero-order valence-corrected chi connectivity index (χ0v) is 11.2. The first-order valence-corrected chi connectivity index (χ1v) is 6.82. The van der Waals surface area contributed by atoms with Crippen LogP contribution >= 0.6 is 11.3 Å². The van der Waals surface area contributed by atoms with Gasteiger partial charge in [0.25, 0.3) is 12.4 Å². The summed E-state index contributed by atoms with van der Waals surface area (Å²) in [5.41, 5.74) is 0.698. The quantitative estimate of drug-likeness (QED) is 0.873. The zero-order chi connectivity index (χ0) is 13.9. The number of aromatic nitrogens is 2. The third kappa shape index (κ3) is 2.59. The maximum Gasteiger partial charge on any atom is 0.448 e. The van der Waals surface area contributed by atoms with Crippen LogP contribution in [0.15, 0.2) is 42.2 Å². The number of nitroso groups, excluding NO2 is 2. The largest absolute Gasteiger partial charge is 0.448 e. The maximum absolute atomic E-state index is 11.4. The lowest BCUT2D eigenvalue weighted by molar-refractivity contribution is -0.709. The van der Waals surface area contributed by atoms with E-state index in [9.17, 15) is 9.81 Å². The van der Waals surface area contributed by atoms with Crippen LogP contribution in [0.25, 0.3) is 0 Å². The van der Waals surface area contributed by atoms with Gasteiger partial charge in [0.2, 0.25) is 0 Å². The van der Waals surface area contributed by atoms with Gasteiger partial charge >= 0.3 is 6.17 Å². The van der Waals surface area contributed by atoms with Crippen LogP contribution in [-0.2, 0) is 6.42 Å². The molecular weight excluding hydrogens is 278 g/mol.